The summed E-state index contributed by atoms with van der Waals surface area (Å²) in [5, 5.41) is 18.4. The first-order chi connectivity index (χ1) is 20.4. The Morgan fingerprint density at radius 3 is 2.62 bits per heavy atom. The number of fused-ring (bicyclic) bond motifs is 2. The molecule has 12 heteroatoms. The Balaban J connectivity index is 1.51. The largest absolute Gasteiger partial charge is 0.344 e. The van der Waals surface area contributed by atoms with Crippen molar-refractivity contribution >= 4 is 29.5 Å². The number of aryl methyl sites for hydroxylation is 1. The average Bonchev–Trinajstić information content (AvgIpc) is 3.72. The van der Waals surface area contributed by atoms with Crippen LogP contribution in [-0.4, -0.2) is 78.7 Å². The lowest BCUT2D eigenvalue weighted by molar-refractivity contribution is -0.129. The molecule has 0 bridgehead atoms. The van der Waals surface area contributed by atoms with Gasteiger partial charge in [0.15, 0.2) is 17.3 Å². The SMILES string of the molecule is CSCC[C@@H]1NC(=O)CCCN(C(=O)c2n[nH]c3c2CCC3)CCn2nc(-c3ccccc3)nc2[C@@H](C(C)C)NC1=O. The summed E-state index contributed by atoms with van der Waals surface area (Å²) in [6.07, 6.45) is 5.92. The smallest absolute Gasteiger partial charge is 0.274 e. The van der Waals surface area contributed by atoms with Crippen LogP contribution in [-0.2, 0) is 29.0 Å². The van der Waals surface area contributed by atoms with Crippen molar-refractivity contribution in [3.63, 3.8) is 0 Å². The minimum absolute atomic E-state index is 0.00490. The number of rotatable bonds is 6. The second-order valence-corrected chi connectivity index (χ2v) is 12.3. The number of amides is 3. The van der Waals surface area contributed by atoms with Crippen LogP contribution in [0.15, 0.2) is 30.3 Å². The average molecular weight is 593 g/mol. The molecule has 5 rings (SSSR count). The summed E-state index contributed by atoms with van der Waals surface area (Å²) in [7, 11) is 0. The molecule has 0 spiro atoms. The molecule has 0 saturated carbocycles. The first kappa shape index (κ1) is 29.8. The van der Waals surface area contributed by atoms with E-state index in [1.807, 2.05) is 55.1 Å². The zero-order chi connectivity index (χ0) is 29.6. The van der Waals surface area contributed by atoms with Gasteiger partial charge >= 0.3 is 0 Å². The molecule has 2 atom stereocenters. The fourth-order valence-electron chi connectivity index (χ4n) is 5.62. The Morgan fingerprint density at radius 2 is 1.86 bits per heavy atom. The van der Waals surface area contributed by atoms with Gasteiger partial charge in [-0.15, -0.1) is 0 Å². The van der Waals surface area contributed by atoms with Crippen molar-refractivity contribution in [2.75, 3.05) is 25.1 Å². The monoisotopic (exact) mass is 592 g/mol. The van der Waals surface area contributed by atoms with Gasteiger partial charge < -0.3 is 15.5 Å². The Hall–Kier alpha value is -3.67. The number of H-pyrrole nitrogens is 1. The van der Waals surface area contributed by atoms with Crippen molar-refractivity contribution in [1.29, 1.82) is 0 Å². The van der Waals surface area contributed by atoms with E-state index in [-0.39, 0.29) is 30.1 Å². The van der Waals surface area contributed by atoms with Gasteiger partial charge in [0.2, 0.25) is 11.8 Å². The summed E-state index contributed by atoms with van der Waals surface area (Å²) < 4.78 is 1.82. The van der Waals surface area contributed by atoms with Gasteiger partial charge in [-0.05, 0) is 50.0 Å². The van der Waals surface area contributed by atoms with E-state index in [2.05, 4.69) is 20.8 Å². The highest BCUT2D eigenvalue weighted by atomic mass is 32.2. The van der Waals surface area contributed by atoms with E-state index in [0.29, 0.717) is 49.8 Å². The Labute approximate surface area is 250 Å². The Bertz CT molecular complexity index is 1400. The molecule has 0 unspecified atom stereocenters. The molecule has 224 valence electrons. The van der Waals surface area contributed by atoms with Crippen LogP contribution in [0.3, 0.4) is 0 Å². The lowest BCUT2D eigenvalue weighted by atomic mass is 10.0. The van der Waals surface area contributed by atoms with Crippen LogP contribution in [0, 0.1) is 5.92 Å². The minimum atomic E-state index is -0.663. The Kier molecular flexibility index (Phi) is 9.61. The molecule has 2 aromatic heterocycles. The van der Waals surface area contributed by atoms with Crippen molar-refractivity contribution in [3.05, 3.63) is 53.1 Å². The van der Waals surface area contributed by atoms with Gasteiger partial charge in [-0.25, -0.2) is 9.67 Å². The molecular weight excluding hydrogens is 552 g/mol. The number of thioether (sulfide) groups is 1. The maximum atomic E-state index is 13.8. The topological polar surface area (TPSA) is 138 Å². The van der Waals surface area contributed by atoms with Crippen LogP contribution in [0.25, 0.3) is 11.4 Å². The molecule has 1 aliphatic carbocycles. The van der Waals surface area contributed by atoms with Crippen LogP contribution in [0.4, 0.5) is 0 Å². The van der Waals surface area contributed by atoms with E-state index in [0.717, 1.165) is 41.8 Å². The molecule has 3 aromatic rings. The zero-order valence-corrected chi connectivity index (χ0v) is 25.4. The van der Waals surface area contributed by atoms with Crippen LogP contribution in [0.5, 0.6) is 0 Å². The van der Waals surface area contributed by atoms with Crippen molar-refractivity contribution < 1.29 is 14.4 Å². The molecule has 0 fully saturated rings. The van der Waals surface area contributed by atoms with Gasteiger partial charge in [0.1, 0.15) is 6.04 Å². The lowest BCUT2D eigenvalue weighted by Gasteiger charge is -2.27. The predicted molar refractivity (Wildman–Crippen MR) is 162 cm³/mol. The second kappa shape index (κ2) is 13.5. The number of aromatic amines is 1. The van der Waals surface area contributed by atoms with E-state index < -0.39 is 12.1 Å². The number of carbonyl (C=O) groups is 3. The first-order valence-corrected chi connectivity index (χ1v) is 16.2. The number of nitrogens with zero attached hydrogens (tertiary/aromatic N) is 5. The van der Waals surface area contributed by atoms with E-state index in [4.69, 9.17) is 10.1 Å². The van der Waals surface area contributed by atoms with Gasteiger partial charge in [-0.3, -0.25) is 19.5 Å². The van der Waals surface area contributed by atoms with Crippen molar-refractivity contribution in [1.82, 2.24) is 40.5 Å². The second-order valence-electron chi connectivity index (χ2n) is 11.3. The molecule has 2 aliphatic rings. The van der Waals surface area contributed by atoms with E-state index in [1.54, 1.807) is 16.7 Å². The third-order valence-electron chi connectivity index (χ3n) is 7.95. The highest BCUT2D eigenvalue weighted by Gasteiger charge is 2.31. The molecule has 0 radical (unpaired) electrons. The minimum Gasteiger partial charge on any atom is -0.344 e. The molecule has 1 aromatic carbocycles. The highest BCUT2D eigenvalue weighted by Crippen LogP contribution is 2.26. The number of hydrogen-bond donors (Lipinski definition) is 3. The summed E-state index contributed by atoms with van der Waals surface area (Å²) in [5.41, 5.74) is 3.39. The number of benzene rings is 1. The number of aromatic nitrogens is 5. The van der Waals surface area contributed by atoms with Gasteiger partial charge in [-0.2, -0.15) is 22.0 Å². The molecule has 11 nitrogen and oxygen atoms in total. The summed E-state index contributed by atoms with van der Waals surface area (Å²) in [6, 6.07) is 8.62. The van der Waals surface area contributed by atoms with Gasteiger partial charge in [0.25, 0.3) is 5.91 Å². The van der Waals surface area contributed by atoms with E-state index in [9.17, 15) is 14.4 Å². The van der Waals surface area contributed by atoms with Crippen LogP contribution in [0.1, 0.15) is 73.1 Å². The third kappa shape index (κ3) is 6.69. The van der Waals surface area contributed by atoms with Crippen LogP contribution >= 0.6 is 11.8 Å². The molecule has 3 amide bonds. The third-order valence-corrected chi connectivity index (χ3v) is 8.59. The fourth-order valence-corrected chi connectivity index (χ4v) is 6.09. The van der Waals surface area contributed by atoms with E-state index >= 15 is 0 Å². The van der Waals surface area contributed by atoms with Crippen LogP contribution in [0.2, 0.25) is 0 Å². The number of carbonyl (C=O) groups excluding carboxylic acids is 3. The van der Waals surface area contributed by atoms with Gasteiger partial charge in [0, 0.05) is 36.3 Å². The van der Waals surface area contributed by atoms with Gasteiger partial charge in [-0.1, -0.05) is 44.2 Å². The lowest BCUT2D eigenvalue weighted by Crippen LogP contribution is -2.49. The normalized spacial score (nSPS) is 20.0. The fraction of sp³-hybridized carbons (Fsp3) is 0.533. The summed E-state index contributed by atoms with van der Waals surface area (Å²) in [5.74, 6) is 1.34. The highest BCUT2D eigenvalue weighted by molar-refractivity contribution is 7.98. The van der Waals surface area contributed by atoms with Crippen molar-refractivity contribution in [3.8, 4) is 11.4 Å². The standard InChI is InChI=1S/C30H40N8O3S/c1-19(2)25-28-33-27(20-9-5-4-6-10-20)36-38(28)17-16-37(30(41)26-21-11-7-12-22(21)34-35-26)15-8-13-24(39)31-23(14-18-42-3)29(40)32-25/h4-6,9-10,19,23,25H,7-8,11-18H2,1-3H3,(H,31,39)(H,32,40)(H,34,35)/t23-,25+/m0/s1. The molecule has 42 heavy (non-hydrogen) atoms. The van der Waals surface area contributed by atoms with Crippen molar-refractivity contribution in [2.24, 2.45) is 5.92 Å². The van der Waals surface area contributed by atoms with Gasteiger partial charge in [0.05, 0.1) is 12.6 Å². The predicted octanol–water partition coefficient (Wildman–Crippen LogP) is 3.14. The van der Waals surface area contributed by atoms with E-state index in [1.165, 1.54) is 0 Å². The maximum absolute atomic E-state index is 13.8. The molecule has 3 N–H and O–H groups in total. The quantitative estimate of drug-likeness (QED) is 0.400. The zero-order valence-electron chi connectivity index (χ0n) is 24.6. The number of nitrogens with one attached hydrogen (secondary N) is 3. The first-order valence-electron chi connectivity index (χ1n) is 14.8. The van der Waals surface area contributed by atoms with Crippen molar-refractivity contribution in [2.45, 2.75) is 71.0 Å². The Morgan fingerprint density at radius 1 is 1.05 bits per heavy atom. The molecule has 3 heterocycles. The molecular formula is C30H40N8O3S. The molecule has 1 aliphatic heterocycles. The molecule has 0 saturated heterocycles. The maximum Gasteiger partial charge on any atom is 0.274 e. The summed E-state index contributed by atoms with van der Waals surface area (Å²) >= 11 is 1.63. The van der Waals surface area contributed by atoms with Crippen LogP contribution < -0.4 is 10.6 Å². The summed E-state index contributed by atoms with van der Waals surface area (Å²) in [4.78, 5) is 47.0. The number of hydrogen-bond acceptors (Lipinski definition) is 7. The summed E-state index contributed by atoms with van der Waals surface area (Å²) in [6.45, 7) is 5.19.